The van der Waals surface area contributed by atoms with Crippen LogP contribution in [0.5, 0.6) is 0 Å². The van der Waals surface area contributed by atoms with Crippen LogP contribution in [0.2, 0.25) is 0 Å². The zero-order valence-electron chi connectivity index (χ0n) is 9.80. The van der Waals surface area contributed by atoms with Crippen molar-refractivity contribution in [3.8, 4) is 0 Å². The van der Waals surface area contributed by atoms with E-state index < -0.39 is 11.9 Å². The molecule has 17 heavy (non-hydrogen) atoms. The summed E-state index contributed by atoms with van der Waals surface area (Å²) < 4.78 is 0. The predicted molar refractivity (Wildman–Crippen MR) is 60.3 cm³/mol. The third-order valence-electron chi connectivity index (χ3n) is 2.27. The van der Waals surface area contributed by atoms with E-state index in [9.17, 15) is 9.59 Å². The van der Waals surface area contributed by atoms with Crippen LogP contribution in [0.4, 0.5) is 4.79 Å². The fourth-order valence-corrected chi connectivity index (χ4v) is 1.14. The molecule has 7 heteroatoms. The molecule has 7 nitrogen and oxygen atoms in total. The zero-order chi connectivity index (χ0) is 12.8. The number of nitrogens with one attached hydrogen (secondary N) is 2. The lowest BCUT2D eigenvalue weighted by molar-refractivity contribution is -0.140. The highest BCUT2D eigenvalue weighted by Crippen LogP contribution is 1.97. The average molecular weight is 240 g/mol. The smallest absolute Gasteiger partial charge is 0.317 e. The van der Waals surface area contributed by atoms with E-state index in [2.05, 4.69) is 15.3 Å². The van der Waals surface area contributed by atoms with Crippen LogP contribution in [0, 0.1) is 5.92 Å². The molecule has 0 fully saturated rings. The highest BCUT2D eigenvalue weighted by molar-refractivity contribution is 5.75. The van der Waals surface area contributed by atoms with Gasteiger partial charge in [-0.25, -0.2) is 9.78 Å². The molecule has 0 bridgehead atoms. The molecule has 1 atom stereocenters. The number of aromatic amines is 1. The molecule has 0 aromatic carbocycles. The van der Waals surface area contributed by atoms with Gasteiger partial charge in [0, 0.05) is 26.0 Å². The summed E-state index contributed by atoms with van der Waals surface area (Å²) in [6.45, 7) is 1.99. The van der Waals surface area contributed by atoms with Crippen molar-refractivity contribution in [3.05, 3.63) is 18.2 Å². The summed E-state index contributed by atoms with van der Waals surface area (Å²) in [5, 5.41) is 11.2. The first kappa shape index (κ1) is 13.0. The molecule has 0 saturated carbocycles. The average Bonchev–Trinajstić information content (AvgIpc) is 2.77. The third kappa shape index (κ3) is 4.13. The molecule has 0 aliphatic rings. The van der Waals surface area contributed by atoms with Gasteiger partial charge in [-0.15, -0.1) is 0 Å². The summed E-state index contributed by atoms with van der Waals surface area (Å²) >= 11 is 0. The molecule has 3 N–H and O–H groups in total. The minimum atomic E-state index is -0.931. The maximum absolute atomic E-state index is 11.6. The number of rotatable bonds is 5. The van der Waals surface area contributed by atoms with E-state index in [0.29, 0.717) is 12.4 Å². The fraction of sp³-hybridized carbons (Fsp3) is 0.500. The Bertz CT molecular complexity index is 377. The van der Waals surface area contributed by atoms with Crippen molar-refractivity contribution in [2.24, 2.45) is 5.92 Å². The van der Waals surface area contributed by atoms with Gasteiger partial charge in [0.2, 0.25) is 0 Å². The number of aliphatic carboxylic acids is 1. The quantitative estimate of drug-likeness (QED) is 0.688. The van der Waals surface area contributed by atoms with Crippen molar-refractivity contribution in [2.75, 3.05) is 13.6 Å². The first-order chi connectivity index (χ1) is 8.00. The summed E-state index contributed by atoms with van der Waals surface area (Å²) in [7, 11) is 1.61. The van der Waals surface area contributed by atoms with E-state index in [4.69, 9.17) is 5.11 Å². The van der Waals surface area contributed by atoms with E-state index in [0.717, 1.165) is 0 Å². The van der Waals surface area contributed by atoms with Crippen molar-refractivity contribution in [1.82, 2.24) is 20.2 Å². The zero-order valence-corrected chi connectivity index (χ0v) is 9.80. The monoisotopic (exact) mass is 240 g/mol. The normalized spacial score (nSPS) is 11.9. The molecule has 0 aliphatic carbocycles. The molecular weight excluding hydrogens is 224 g/mol. The Morgan fingerprint density at radius 3 is 2.88 bits per heavy atom. The molecule has 1 heterocycles. The summed E-state index contributed by atoms with van der Waals surface area (Å²) in [4.78, 5) is 30.4. The van der Waals surface area contributed by atoms with Gasteiger partial charge in [-0.05, 0) is 0 Å². The van der Waals surface area contributed by atoms with Gasteiger partial charge in [0.15, 0.2) is 0 Å². The highest BCUT2D eigenvalue weighted by atomic mass is 16.4. The number of nitrogens with zero attached hydrogens (tertiary/aromatic N) is 2. The number of imidazole rings is 1. The molecular formula is C10H16N4O3. The van der Waals surface area contributed by atoms with Crippen molar-refractivity contribution in [1.29, 1.82) is 0 Å². The number of aromatic nitrogens is 2. The standard InChI is InChI=1S/C10H16N4O3/c1-7(9(15)16)5-13-10(17)14(2)6-8-11-3-4-12-8/h3-4,7H,5-6H2,1-2H3,(H,11,12)(H,13,17)(H,15,16). The van der Waals surface area contributed by atoms with E-state index >= 15 is 0 Å². The van der Waals surface area contributed by atoms with E-state index in [1.165, 1.54) is 11.8 Å². The number of carboxylic acids is 1. The summed E-state index contributed by atoms with van der Waals surface area (Å²) in [5.41, 5.74) is 0. The topological polar surface area (TPSA) is 98.3 Å². The van der Waals surface area contributed by atoms with Crippen LogP contribution in [0.1, 0.15) is 12.7 Å². The van der Waals surface area contributed by atoms with E-state index in [1.807, 2.05) is 0 Å². The molecule has 1 aromatic heterocycles. The van der Waals surface area contributed by atoms with Gasteiger partial charge < -0.3 is 20.3 Å². The Labute approximate surface area is 98.8 Å². The Balaban J connectivity index is 2.34. The van der Waals surface area contributed by atoms with Crippen molar-refractivity contribution in [2.45, 2.75) is 13.5 Å². The molecule has 0 radical (unpaired) electrons. The second kappa shape index (κ2) is 5.88. The first-order valence-electron chi connectivity index (χ1n) is 5.20. The molecule has 1 aromatic rings. The maximum Gasteiger partial charge on any atom is 0.317 e. The van der Waals surface area contributed by atoms with Gasteiger partial charge in [0.05, 0.1) is 12.5 Å². The summed E-state index contributed by atoms with van der Waals surface area (Å²) in [5.74, 6) is -0.858. The Morgan fingerprint density at radius 1 is 1.65 bits per heavy atom. The van der Waals surface area contributed by atoms with E-state index in [-0.39, 0.29) is 12.6 Å². The largest absolute Gasteiger partial charge is 0.481 e. The minimum Gasteiger partial charge on any atom is -0.481 e. The van der Waals surface area contributed by atoms with Gasteiger partial charge in [0.1, 0.15) is 5.82 Å². The van der Waals surface area contributed by atoms with Crippen molar-refractivity contribution >= 4 is 12.0 Å². The van der Waals surface area contributed by atoms with Crippen LogP contribution in [0.25, 0.3) is 0 Å². The minimum absolute atomic E-state index is 0.108. The second-order valence-corrected chi connectivity index (χ2v) is 3.82. The number of hydrogen-bond acceptors (Lipinski definition) is 3. The number of urea groups is 1. The van der Waals surface area contributed by atoms with Gasteiger partial charge in [-0.3, -0.25) is 4.79 Å². The van der Waals surface area contributed by atoms with Crippen LogP contribution in [0.3, 0.4) is 0 Å². The SMILES string of the molecule is CC(CNC(=O)N(C)Cc1ncc[nH]1)C(=O)O. The lowest BCUT2D eigenvalue weighted by Crippen LogP contribution is -2.40. The van der Waals surface area contributed by atoms with Crippen LogP contribution in [0.15, 0.2) is 12.4 Å². The van der Waals surface area contributed by atoms with Gasteiger partial charge >= 0.3 is 12.0 Å². The first-order valence-corrected chi connectivity index (χ1v) is 5.20. The van der Waals surface area contributed by atoms with Crippen LogP contribution in [-0.2, 0) is 11.3 Å². The van der Waals surface area contributed by atoms with Gasteiger partial charge in [-0.2, -0.15) is 0 Å². The number of H-pyrrole nitrogens is 1. The van der Waals surface area contributed by atoms with Gasteiger partial charge in [-0.1, -0.05) is 6.92 Å². The lowest BCUT2D eigenvalue weighted by atomic mass is 10.2. The summed E-state index contributed by atoms with van der Waals surface area (Å²) in [6.07, 6.45) is 3.28. The van der Waals surface area contributed by atoms with E-state index in [1.54, 1.807) is 19.4 Å². The fourth-order valence-electron chi connectivity index (χ4n) is 1.14. The molecule has 1 unspecified atom stereocenters. The third-order valence-corrected chi connectivity index (χ3v) is 2.27. The second-order valence-electron chi connectivity index (χ2n) is 3.82. The highest BCUT2D eigenvalue weighted by Gasteiger charge is 2.14. The molecule has 1 rings (SSSR count). The molecule has 0 aliphatic heterocycles. The number of carbonyl (C=O) groups excluding carboxylic acids is 1. The van der Waals surface area contributed by atoms with Crippen LogP contribution < -0.4 is 5.32 Å². The Hall–Kier alpha value is -2.05. The molecule has 0 saturated heterocycles. The predicted octanol–water partition coefficient (Wildman–Crippen LogP) is 0.272. The summed E-state index contributed by atoms with van der Waals surface area (Å²) in [6, 6.07) is -0.325. The Kier molecular flexibility index (Phi) is 4.50. The molecule has 94 valence electrons. The molecule has 0 spiro atoms. The number of carboxylic acid groups (broad SMARTS) is 1. The Morgan fingerprint density at radius 2 is 2.35 bits per heavy atom. The van der Waals surface area contributed by atoms with Crippen molar-refractivity contribution < 1.29 is 14.7 Å². The number of carbonyl (C=O) groups is 2. The van der Waals surface area contributed by atoms with Crippen molar-refractivity contribution in [3.63, 3.8) is 0 Å². The molecule has 2 amide bonds. The number of hydrogen-bond donors (Lipinski definition) is 3. The lowest BCUT2D eigenvalue weighted by Gasteiger charge is -2.17. The number of amides is 2. The maximum atomic E-state index is 11.6. The van der Waals surface area contributed by atoms with Gasteiger partial charge in [0.25, 0.3) is 0 Å². The van der Waals surface area contributed by atoms with Crippen LogP contribution >= 0.6 is 0 Å². The van der Waals surface area contributed by atoms with Crippen LogP contribution in [-0.4, -0.2) is 45.6 Å².